The molecule has 1 unspecified atom stereocenters. The summed E-state index contributed by atoms with van der Waals surface area (Å²) in [7, 11) is -1.33. The van der Waals surface area contributed by atoms with Gasteiger partial charge in [-0.15, -0.1) is 0 Å². The summed E-state index contributed by atoms with van der Waals surface area (Å²) in [5.74, 6) is 2.13. The number of phenolic OH excluding ortho intramolecular Hbond substituents is 2. The molecule has 0 aromatic heterocycles. The van der Waals surface area contributed by atoms with Crippen LogP contribution in [0, 0.1) is 27.7 Å². The first-order valence-corrected chi connectivity index (χ1v) is 19.9. The molecule has 4 N–H and O–H groups in total. The van der Waals surface area contributed by atoms with E-state index in [0.29, 0.717) is 24.3 Å². The van der Waals surface area contributed by atoms with Crippen LogP contribution >= 0.6 is 0 Å². The van der Waals surface area contributed by atoms with Gasteiger partial charge in [-0.3, -0.25) is 14.3 Å². The maximum atomic E-state index is 11.6. The Morgan fingerprint density at radius 3 is 1.47 bits per heavy atom. The van der Waals surface area contributed by atoms with Gasteiger partial charge < -0.3 is 24.8 Å². The van der Waals surface area contributed by atoms with Gasteiger partial charge in [0.2, 0.25) is 5.91 Å². The minimum Gasteiger partial charge on any atom is -0.508 e. The molecule has 0 aliphatic rings. The Labute approximate surface area is 321 Å². The SMILES string of the molecule is CC.CC.CC.CC.Cc1cc(CCC(=O)NS(C)=O)cc(C)c1Oc1ccc(O)cc1.Cc1ccc(CCC(=O)O)c(C)c1Oc1ccc(O)cc1. The molecule has 0 saturated heterocycles. The number of benzene rings is 4. The van der Waals surface area contributed by atoms with Gasteiger partial charge in [0, 0.05) is 19.1 Å². The van der Waals surface area contributed by atoms with E-state index in [4.69, 9.17) is 14.6 Å². The first kappa shape index (κ1) is 50.3. The average molecular weight is 754 g/mol. The molecule has 53 heavy (non-hydrogen) atoms. The molecule has 4 aromatic rings. The van der Waals surface area contributed by atoms with Crippen LogP contribution in [0.15, 0.2) is 72.8 Å². The summed E-state index contributed by atoms with van der Waals surface area (Å²) in [5.41, 5.74) is 5.87. The van der Waals surface area contributed by atoms with Crippen molar-refractivity contribution in [2.45, 2.75) is 109 Å². The van der Waals surface area contributed by atoms with Gasteiger partial charge in [-0.05, 0) is 122 Å². The highest BCUT2D eigenvalue weighted by molar-refractivity contribution is 7.82. The van der Waals surface area contributed by atoms with E-state index in [9.17, 15) is 24.0 Å². The number of carbonyl (C=O) groups is 2. The van der Waals surface area contributed by atoms with E-state index in [1.165, 1.54) is 6.26 Å². The lowest BCUT2D eigenvalue weighted by atomic mass is 10.00. The lowest BCUT2D eigenvalue weighted by Crippen LogP contribution is -2.24. The number of hydrogen-bond acceptors (Lipinski definition) is 7. The van der Waals surface area contributed by atoms with Crippen LogP contribution in [0.1, 0.15) is 102 Å². The van der Waals surface area contributed by atoms with Crippen LogP contribution in [0.2, 0.25) is 0 Å². The van der Waals surface area contributed by atoms with E-state index in [1.54, 1.807) is 48.5 Å². The number of aromatic hydroxyl groups is 2. The van der Waals surface area contributed by atoms with Crippen LogP contribution in [-0.4, -0.2) is 37.7 Å². The fourth-order valence-electron chi connectivity index (χ4n) is 4.62. The van der Waals surface area contributed by atoms with Crippen molar-refractivity contribution in [3.8, 4) is 34.5 Å². The molecule has 0 aliphatic heterocycles. The van der Waals surface area contributed by atoms with Gasteiger partial charge >= 0.3 is 5.97 Å². The van der Waals surface area contributed by atoms with E-state index < -0.39 is 17.0 Å². The minimum absolute atomic E-state index is 0.0998. The van der Waals surface area contributed by atoms with Crippen molar-refractivity contribution in [1.82, 2.24) is 4.72 Å². The maximum absolute atomic E-state index is 11.6. The van der Waals surface area contributed by atoms with Crippen molar-refractivity contribution in [2.75, 3.05) is 6.26 Å². The van der Waals surface area contributed by atoms with E-state index in [-0.39, 0.29) is 30.2 Å². The van der Waals surface area contributed by atoms with E-state index >= 15 is 0 Å². The number of carboxylic acid groups (broad SMARTS) is 1. The highest BCUT2D eigenvalue weighted by Crippen LogP contribution is 2.33. The Balaban J connectivity index is 0. The van der Waals surface area contributed by atoms with Gasteiger partial charge in [0.25, 0.3) is 0 Å². The Bertz CT molecular complexity index is 1630. The van der Waals surface area contributed by atoms with Gasteiger partial charge in [-0.25, -0.2) is 4.21 Å². The number of phenols is 2. The van der Waals surface area contributed by atoms with Crippen LogP contribution in [0.4, 0.5) is 0 Å². The van der Waals surface area contributed by atoms with Crippen molar-refractivity contribution < 1.29 is 38.6 Å². The number of carbonyl (C=O) groups excluding carboxylic acids is 1. The molecule has 0 spiro atoms. The summed E-state index contributed by atoms with van der Waals surface area (Å²) in [4.78, 5) is 22.3. The van der Waals surface area contributed by atoms with Gasteiger partial charge in [0.15, 0.2) is 0 Å². The first-order chi connectivity index (χ1) is 25.3. The van der Waals surface area contributed by atoms with Crippen LogP contribution in [-0.2, 0) is 33.4 Å². The summed E-state index contributed by atoms with van der Waals surface area (Å²) in [6, 6.07) is 20.9. The normalized spacial score (nSPS) is 9.91. The summed E-state index contributed by atoms with van der Waals surface area (Å²) >= 11 is 0. The third kappa shape index (κ3) is 19.5. The predicted octanol–water partition coefficient (Wildman–Crippen LogP) is 11.1. The lowest BCUT2D eigenvalue weighted by Gasteiger charge is -2.15. The minimum atomic E-state index is -1.33. The fourth-order valence-corrected chi connectivity index (χ4v) is 5.04. The number of amides is 1. The summed E-state index contributed by atoms with van der Waals surface area (Å²) in [6.45, 7) is 23.8. The third-order valence-electron chi connectivity index (χ3n) is 6.85. The first-order valence-electron chi connectivity index (χ1n) is 18.3. The Morgan fingerprint density at radius 2 is 1.06 bits per heavy atom. The van der Waals surface area contributed by atoms with Gasteiger partial charge in [-0.1, -0.05) is 79.7 Å². The Morgan fingerprint density at radius 1 is 0.623 bits per heavy atom. The highest BCUT2D eigenvalue weighted by atomic mass is 32.2. The third-order valence-corrected chi connectivity index (χ3v) is 7.37. The van der Waals surface area contributed by atoms with Crippen LogP contribution < -0.4 is 14.2 Å². The standard InChI is InChI=1S/C18H21NO4S.C17H18O4.4C2H6/c1-12-10-14(4-9-17(21)19-24(3)22)11-13(2)18(12)23-16-7-5-15(20)6-8-16;1-11-3-4-13(5-10-16(19)20)12(2)17(11)21-15-8-6-14(18)7-9-15;4*1-2/h5-8,10-11,20H,4,9H2,1-3H3,(H,19,21);3-4,6-9,18H,5,10H2,1-2H3,(H,19,20);4*1-2H3. The molecule has 4 aromatic carbocycles. The smallest absolute Gasteiger partial charge is 0.303 e. The molecule has 1 atom stereocenters. The number of rotatable bonds is 11. The topological polar surface area (TPSA) is 142 Å². The molecule has 0 heterocycles. The second-order valence-corrected chi connectivity index (χ2v) is 11.7. The molecule has 4 rings (SSSR count). The molecular formula is C43H63NO8S. The van der Waals surface area contributed by atoms with Crippen LogP contribution in [0.5, 0.6) is 34.5 Å². The summed E-state index contributed by atoms with van der Waals surface area (Å²) in [5, 5.41) is 27.4. The maximum Gasteiger partial charge on any atom is 0.303 e. The van der Waals surface area contributed by atoms with E-state index in [1.807, 2.05) is 107 Å². The second kappa shape index (κ2) is 28.7. The molecular weight excluding hydrogens is 691 g/mol. The van der Waals surface area contributed by atoms with E-state index in [2.05, 4.69) is 4.72 Å². The second-order valence-electron chi connectivity index (χ2n) is 10.6. The number of ether oxygens (including phenoxy) is 2. The molecule has 1 amide bonds. The number of nitrogens with one attached hydrogen (secondary N) is 1. The predicted molar refractivity (Wildman–Crippen MR) is 220 cm³/mol. The number of carboxylic acids is 1. The number of aryl methyl sites for hydroxylation is 5. The lowest BCUT2D eigenvalue weighted by molar-refractivity contribution is -0.137. The molecule has 0 saturated carbocycles. The average Bonchev–Trinajstić information content (AvgIpc) is 3.15. The summed E-state index contributed by atoms with van der Waals surface area (Å²) in [6.07, 6.45) is 2.87. The number of aliphatic carboxylic acids is 1. The van der Waals surface area contributed by atoms with Gasteiger partial charge in [-0.2, -0.15) is 0 Å². The van der Waals surface area contributed by atoms with Crippen molar-refractivity contribution >= 4 is 22.9 Å². The van der Waals surface area contributed by atoms with Crippen molar-refractivity contribution in [3.05, 3.63) is 106 Å². The van der Waals surface area contributed by atoms with Gasteiger partial charge in [0.05, 0.1) is 0 Å². The molecule has 0 aliphatic carbocycles. The van der Waals surface area contributed by atoms with Crippen LogP contribution in [0.25, 0.3) is 0 Å². The molecule has 0 fully saturated rings. The summed E-state index contributed by atoms with van der Waals surface area (Å²) < 4.78 is 25.1. The zero-order valence-corrected chi connectivity index (χ0v) is 34.9. The zero-order chi connectivity index (χ0) is 41.1. The van der Waals surface area contributed by atoms with E-state index in [0.717, 1.165) is 44.9 Å². The quantitative estimate of drug-likeness (QED) is 0.119. The fraction of sp³-hybridized carbons (Fsp3) is 0.395. The Kier molecular flexibility index (Phi) is 27.2. The van der Waals surface area contributed by atoms with Crippen molar-refractivity contribution in [3.63, 3.8) is 0 Å². The molecule has 294 valence electrons. The van der Waals surface area contributed by atoms with Gasteiger partial charge in [0.1, 0.15) is 45.5 Å². The molecule has 0 radical (unpaired) electrons. The zero-order valence-electron chi connectivity index (χ0n) is 34.0. The highest BCUT2D eigenvalue weighted by Gasteiger charge is 2.12. The molecule has 9 nitrogen and oxygen atoms in total. The number of hydrogen-bond donors (Lipinski definition) is 4. The molecule has 10 heteroatoms. The van der Waals surface area contributed by atoms with Crippen molar-refractivity contribution in [2.24, 2.45) is 0 Å². The largest absolute Gasteiger partial charge is 0.508 e. The van der Waals surface area contributed by atoms with Crippen molar-refractivity contribution in [1.29, 1.82) is 0 Å². The molecule has 0 bridgehead atoms. The monoisotopic (exact) mass is 753 g/mol. The van der Waals surface area contributed by atoms with Crippen LogP contribution in [0.3, 0.4) is 0 Å². The Hall–Kier alpha value is -4.83.